The summed E-state index contributed by atoms with van der Waals surface area (Å²) in [6, 6.07) is 15.2. The largest absolute Gasteiger partial charge is 0.481 e. The Morgan fingerprint density at radius 3 is 1.26 bits per heavy atom. The van der Waals surface area contributed by atoms with Gasteiger partial charge in [0.25, 0.3) is 0 Å². The van der Waals surface area contributed by atoms with Crippen LogP contribution in [0.2, 0.25) is 0 Å². The number of ketones is 3. The van der Waals surface area contributed by atoms with Crippen molar-refractivity contribution in [3.63, 3.8) is 0 Å². The molecule has 0 atom stereocenters. The minimum absolute atomic E-state index is 0.0297. The van der Waals surface area contributed by atoms with Gasteiger partial charge in [0.05, 0.1) is 22.3 Å². The van der Waals surface area contributed by atoms with Gasteiger partial charge in [-0.15, -0.1) is 0 Å². The lowest BCUT2D eigenvalue weighted by Gasteiger charge is -2.19. The van der Waals surface area contributed by atoms with Gasteiger partial charge >= 0.3 is 30.7 Å². The number of fused-ring (bicyclic) bond motifs is 2. The number of carbonyl (C=O) groups is 6. The lowest BCUT2D eigenvalue weighted by molar-refractivity contribution is -0.144. The van der Waals surface area contributed by atoms with Crippen LogP contribution in [0.4, 0.5) is 74.1 Å². The minimum atomic E-state index is -5.00. The number of anilines is 3. The van der Waals surface area contributed by atoms with E-state index in [0.717, 1.165) is 18.2 Å². The van der Waals surface area contributed by atoms with Crippen LogP contribution in [0, 0.1) is 5.82 Å². The van der Waals surface area contributed by atoms with Crippen LogP contribution >= 0.6 is 0 Å². The molecule has 0 bridgehead atoms. The zero-order valence-electron chi connectivity index (χ0n) is 41.9. The zero-order valence-corrected chi connectivity index (χ0v) is 41.9. The Balaban J connectivity index is 0.000000263. The van der Waals surface area contributed by atoms with E-state index >= 15 is 0 Å². The molecule has 0 saturated heterocycles. The molecule has 0 aromatic heterocycles. The van der Waals surface area contributed by atoms with Gasteiger partial charge in [-0.05, 0) is 176 Å². The number of hydrogen-bond donors (Lipinski definition) is 4. The number of aliphatic carboxylic acids is 1. The van der Waals surface area contributed by atoms with E-state index in [4.69, 9.17) is 10.8 Å². The molecule has 5 N–H and O–H groups in total. The Kier molecular flexibility index (Phi) is 19.4. The average molecular weight is 1130 g/mol. The van der Waals surface area contributed by atoms with Gasteiger partial charge in [0.2, 0.25) is 11.8 Å². The standard InChI is InChI=1S/C32H27F7N2O3.C25H21F6NO4/c33-24-8-7-20(28(40)17-24)15-26(42)3-1-2-4-29(43)41-25-9-10-27-19(14-25)5-6-21(30(27)44)11-18-12-22(31(34,35)36)16-23(13-18)32(37,38)39;26-24(27,28)17-10-14(11-18(13-17)25(29,30)31)9-16-6-5-15-12-19(7-8-20(15)23(16)36)32-21(33)3-1-2-4-22(34)35/h7-14,16-17H,1-6,15,40H2,(H,41,43);7-13H,1-6H2,(H,32,33)(H,34,35)/b21-11+;16-9+. The maximum absolute atomic E-state index is 13.2. The van der Waals surface area contributed by atoms with Crippen LogP contribution in [0.15, 0.2) is 102 Å². The fourth-order valence-corrected chi connectivity index (χ4v) is 8.76. The maximum Gasteiger partial charge on any atom is 0.416 e. The van der Waals surface area contributed by atoms with Crippen molar-refractivity contribution in [3.8, 4) is 0 Å². The molecule has 5 aromatic rings. The minimum Gasteiger partial charge on any atom is -0.481 e. The summed E-state index contributed by atoms with van der Waals surface area (Å²) in [4.78, 5) is 73.1. The number of carbonyl (C=O) groups excluding carboxylic acids is 5. The van der Waals surface area contributed by atoms with Gasteiger partial charge in [0.15, 0.2) is 11.6 Å². The van der Waals surface area contributed by atoms with Gasteiger partial charge in [-0.3, -0.25) is 28.8 Å². The first-order valence-electron chi connectivity index (χ1n) is 24.6. The number of alkyl halides is 12. The van der Waals surface area contributed by atoms with Crippen molar-refractivity contribution in [2.24, 2.45) is 0 Å². The fraction of sp³-hybridized carbons (Fsp3) is 0.298. The van der Waals surface area contributed by atoms with Crippen molar-refractivity contribution in [3.05, 3.63) is 169 Å². The monoisotopic (exact) mass is 1130 g/mol. The highest BCUT2D eigenvalue weighted by molar-refractivity contribution is 6.14. The summed E-state index contributed by atoms with van der Waals surface area (Å²) in [7, 11) is 0. The first-order valence-corrected chi connectivity index (χ1v) is 24.6. The molecule has 10 nitrogen and oxygen atoms in total. The Morgan fingerprint density at radius 2 is 0.887 bits per heavy atom. The van der Waals surface area contributed by atoms with Gasteiger partial charge in [-0.1, -0.05) is 6.07 Å². The predicted octanol–water partition coefficient (Wildman–Crippen LogP) is 14.5. The van der Waals surface area contributed by atoms with Crippen molar-refractivity contribution < 1.29 is 90.9 Å². The summed E-state index contributed by atoms with van der Waals surface area (Å²) >= 11 is 0. The molecule has 23 heteroatoms. The summed E-state index contributed by atoms with van der Waals surface area (Å²) in [5.74, 6) is -3.21. The van der Waals surface area contributed by atoms with E-state index in [2.05, 4.69) is 10.6 Å². The quantitative estimate of drug-likeness (QED) is 0.0327. The topological polar surface area (TPSA) is 173 Å². The van der Waals surface area contributed by atoms with E-state index in [1.54, 1.807) is 12.1 Å². The highest BCUT2D eigenvalue weighted by Gasteiger charge is 2.38. The number of benzene rings is 5. The van der Waals surface area contributed by atoms with E-state index in [1.165, 1.54) is 36.4 Å². The Morgan fingerprint density at radius 1 is 0.500 bits per heavy atom. The molecule has 0 fully saturated rings. The number of Topliss-reactive ketones (excluding diaryl/α,β-unsaturated/α-hetero) is 3. The molecule has 0 heterocycles. The number of halogens is 13. The zero-order chi connectivity index (χ0) is 58.9. The van der Waals surface area contributed by atoms with Gasteiger partial charge in [0, 0.05) is 71.4 Å². The number of aryl methyl sites for hydroxylation is 2. The van der Waals surface area contributed by atoms with Crippen molar-refractivity contribution in [2.45, 2.75) is 108 Å². The normalized spacial score (nSPS) is 14.7. The van der Waals surface area contributed by atoms with Crippen LogP contribution in [0.1, 0.15) is 135 Å². The molecule has 7 rings (SSSR count). The van der Waals surface area contributed by atoms with E-state index in [-0.39, 0.29) is 120 Å². The van der Waals surface area contributed by atoms with Crippen LogP contribution in [0.25, 0.3) is 12.2 Å². The molecule has 80 heavy (non-hydrogen) atoms. The van der Waals surface area contributed by atoms with Crippen molar-refractivity contribution in [2.75, 3.05) is 16.4 Å². The van der Waals surface area contributed by atoms with Crippen LogP contribution in [-0.2, 0) is 63.1 Å². The maximum atomic E-state index is 13.2. The van der Waals surface area contributed by atoms with Gasteiger partial charge in [0.1, 0.15) is 11.6 Å². The second-order valence-corrected chi connectivity index (χ2v) is 18.9. The molecule has 0 saturated carbocycles. The van der Waals surface area contributed by atoms with Gasteiger partial charge < -0.3 is 21.5 Å². The second-order valence-electron chi connectivity index (χ2n) is 18.9. The highest BCUT2D eigenvalue weighted by atomic mass is 19.4. The number of nitrogen functional groups attached to an aromatic ring is 1. The Bertz CT molecular complexity index is 3200. The molecular formula is C57H48F13N3O7. The van der Waals surface area contributed by atoms with E-state index in [9.17, 15) is 85.8 Å². The van der Waals surface area contributed by atoms with E-state index in [1.807, 2.05) is 0 Å². The average Bonchev–Trinajstić information content (AvgIpc) is 3.37. The predicted molar refractivity (Wildman–Crippen MR) is 268 cm³/mol. The molecule has 424 valence electrons. The molecule has 0 spiro atoms. The van der Waals surface area contributed by atoms with Crippen molar-refractivity contribution in [1.82, 2.24) is 0 Å². The summed E-state index contributed by atoms with van der Waals surface area (Å²) in [6.07, 6.45) is -15.0. The lowest BCUT2D eigenvalue weighted by Crippen LogP contribution is -2.16. The van der Waals surface area contributed by atoms with Crippen LogP contribution in [0.5, 0.6) is 0 Å². The molecule has 0 radical (unpaired) electrons. The summed E-state index contributed by atoms with van der Waals surface area (Å²) < 4.78 is 171. The SMILES string of the molecule is Nc1cc(F)ccc1CC(=O)CCCCC(=O)Nc1ccc2c(c1)CC/C(=C\c1cc(C(F)(F)F)cc(C(F)(F)F)c1)C2=O.O=C(O)CCCCC(=O)Nc1ccc2c(c1)CC/C(=C\c1cc(C(F)(F)F)cc(C(F)(F)F)c1)C2=O. The number of carboxylic acid groups (broad SMARTS) is 1. The summed E-state index contributed by atoms with van der Waals surface area (Å²) in [6.45, 7) is 0. The number of carboxylic acids is 1. The number of rotatable bonds is 16. The number of allylic oxidation sites excluding steroid dienone is 2. The fourth-order valence-electron chi connectivity index (χ4n) is 8.76. The van der Waals surface area contributed by atoms with Crippen LogP contribution in [0.3, 0.4) is 0 Å². The number of unbranched alkanes of at least 4 members (excludes halogenated alkanes) is 2. The van der Waals surface area contributed by atoms with E-state index < -0.39 is 70.3 Å². The molecule has 0 aliphatic heterocycles. The number of nitrogens with two attached hydrogens (primary N) is 1. The number of nitrogens with one attached hydrogen (secondary N) is 2. The highest BCUT2D eigenvalue weighted by Crippen LogP contribution is 2.40. The van der Waals surface area contributed by atoms with Crippen LogP contribution in [-0.4, -0.2) is 40.2 Å². The Hall–Kier alpha value is -8.11. The first kappa shape index (κ1) is 61.1. The molecule has 5 aromatic carbocycles. The summed E-state index contributed by atoms with van der Waals surface area (Å²) in [5, 5.41) is 14.0. The molecular weight excluding hydrogens is 1090 g/mol. The molecule has 2 aliphatic rings. The molecule has 0 unspecified atom stereocenters. The Labute approximate surface area is 447 Å². The first-order chi connectivity index (χ1) is 37.3. The third-order valence-corrected chi connectivity index (χ3v) is 12.7. The molecule has 2 aliphatic carbocycles. The van der Waals surface area contributed by atoms with E-state index in [0.29, 0.717) is 84.4 Å². The van der Waals surface area contributed by atoms with Gasteiger partial charge in [-0.2, -0.15) is 52.7 Å². The van der Waals surface area contributed by atoms with Crippen LogP contribution < -0.4 is 16.4 Å². The number of amides is 2. The van der Waals surface area contributed by atoms with Gasteiger partial charge in [-0.25, -0.2) is 4.39 Å². The third-order valence-electron chi connectivity index (χ3n) is 12.7. The second kappa shape index (κ2) is 25.3. The van der Waals surface area contributed by atoms with Crippen molar-refractivity contribution in [1.29, 1.82) is 0 Å². The third kappa shape index (κ3) is 17.2. The van der Waals surface area contributed by atoms with Crippen molar-refractivity contribution >= 4 is 64.3 Å². The smallest absolute Gasteiger partial charge is 0.416 e. The number of hydrogen-bond acceptors (Lipinski definition) is 7. The summed E-state index contributed by atoms with van der Waals surface area (Å²) in [5.41, 5.74) is 2.47. The lowest BCUT2D eigenvalue weighted by atomic mass is 9.85. The molecule has 2 amide bonds.